The zero-order valence-electron chi connectivity index (χ0n) is 12.7. The molecule has 1 aromatic carbocycles. The number of ether oxygens (including phenoxy) is 1. The van der Waals surface area contributed by atoms with Gasteiger partial charge in [0.05, 0.1) is 25.6 Å². The maximum Gasteiger partial charge on any atom is 0.182 e. The van der Waals surface area contributed by atoms with Gasteiger partial charge in [-0.05, 0) is 24.1 Å². The van der Waals surface area contributed by atoms with E-state index in [1.807, 2.05) is 24.3 Å². The van der Waals surface area contributed by atoms with E-state index < -0.39 is 6.10 Å². The predicted molar refractivity (Wildman–Crippen MR) is 85.4 cm³/mol. The van der Waals surface area contributed by atoms with Crippen LogP contribution >= 0.6 is 0 Å². The van der Waals surface area contributed by atoms with Crippen LogP contribution in [-0.4, -0.2) is 44.8 Å². The van der Waals surface area contributed by atoms with Gasteiger partial charge in [-0.3, -0.25) is 0 Å². The number of hydrogen-bond donors (Lipinski definition) is 2. The first kappa shape index (κ1) is 14.0. The molecular weight excluding hydrogens is 294 g/mol. The van der Waals surface area contributed by atoms with Gasteiger partial charge in [0.15, 0.2) is 11.5 Å². The van der Waals surface area contributed by atoms with E-state index in [9.17, 15) is 5.11 Å². The van der Waals surface area contributed by atoms with Gasteiger partial charge < -0.3 is 19.7 Å². The molecule has 7 nitrogen and oxygen atoms in total. The molecule has 1 fully saturated rings. The molecule has 0 saturated carbocycles. The minimum atomic E-state index is -0.404. The van der Waals surface area contributed by atoms with Crippen LogP contribution < -0.4 is 9.64 Å². The molecule has 2 aromatic heterocycles. The third-order valence-corrected chi connectivity index (χ3v) is 4.23. The van der Waals surface area contributed by atoms with Crippen LogP contribution in [0.2, 0.25) is 0 Å². The largest absolute Gasteiger partial charge is 0.497 e. The van der Waals surface area contributed by atoms with E-state index in [-0.39, 0.29) is 6.04 Å². The minimum absolute atomic E-state index is 0.0292. The molecule has 3 aromatic rings. The summed E-state index contributed by atoms with van der Waals surface area (Å²) in [7, 11) is 1.65. The SMILES string of the molecule is COc1cccc([C@@H]2C[C@H](O)CN2c2ncnc3nc[nH]c23)c1. The summed E-state index contributed by atoms with van der Waals surface area (Å²) in [5.41, 5.74) is 2.50. The van der Waals surface area contributed by atoms with Gasteiger partial charge in [-0.15, -0.1) is 0 Å². The van der Waals surface area contributed by atoms with Crippen LogP contribution in [0.5, 0.6) is 5.75 Å². The molecule has 3 heterocycles. The van der Waals surface area contributed by atoms with Crippen molar-refractivity contribution >= 4 is 17.0 Å². The summed E-state index contributed by atoms with van der Waals surface area (Å²) in [6.45, 7) is 0.521. The van der Waals surface area contributed by atoms with Gasteiger partial charge in [-0.1, -0.05) is 12.1 Å². The molecule has 0 bridgehead atoms. The summed E-state index contributed by atoms with van der Waals surface area (Å²) in [5, 5.41) is 10.2. The molecule has 0 unspecified atom stereocenters. The van der Waals surface area contributed by atoms with Crippen molar-refractivity contribution in [3.05, 3.63) is 42.5 Å². The number of fused-ring (bicyclic) bond motifs is 1. The molecule has 4 rings (SSSR count). The van der Waals surface area contributed by atoms with Crippen LogP contribution in [0, 0.1) is 0 Å². The second-order valence-corrected chi connectivity index (χ2v) is 5.63. The third kappa shape index (κ3) is 2.39. The Kier molecular flexibility index (Phi) is 3.34. The topological polar surface area (TPSA) is 87.2 Å². The van der Waals surface area contributed by atoms with E-state index >= 15 is 0 Å². The second kappa shape index (κ2) is 5.51. The van der Waals surface area contributed by atoms with Gasteiger partial charge in [-0.2, -0.15) is 0 Å². The molecule has 1 aliphatic rings. The highest BCUT2D eigenvalue weighted by Crippen LogP contribution is 2.38. The number of nitrogens with zero attached hydrogens (tertiary/aromatic N) is 4. The van der Waals surface area contributed by atoms with Crippen LogP contribution in [0.4, 0.5) is 5.82 Å². The lowest BCUT2D eigenvalue weighted by Gasteiger charge is -2.26. The Bertz CT molecular complexity index is 834. The van der Waals surface area contributed by atoms with Crippen molar-refractivity contribution < 1.29 is 9.84 Å². The average Bonchev–Trinajstić information content (AvgIpc) is 3.21. The van der Waals surface area contributed by atoms with Crippen molar-refractivity contribution in [3.63, 3.8) is 0 Å². The first-order valence-corrected chi connectivity index (χ1v) is 7.49. The minimum Gasteiger partial charge on any atom is -0.497 e. The van der Waals surface area contributed by atoms with Crippen LogP contribution in [0.1, 0.15) is 18.0 Å². The fraction of sp³-hybridized carbons (Fsp3) is 0.312. The summed E-state index contributed by atoms with van der Waals surface area (Å²) in [4.78, 5) is 17.9. The van der Waals surface area contributed by atoms with Crippen LogP contribution in [0.25, 0.3) is 11.2 Å². The molecule has 2 atom stereocenters. The van der Waals surface area contributed by atoms with Gasteiger partial charge in [0.2, 0.25) is 0 Å². The van der Waals surface area contributed by atoms with E-state index in [4.69, 9.17) is 4.74 Å². The number of nitrogens with one attached hydrogen (secondary N) is 1. The van der Waals surface area contributed by atoms with Crippen molar-refractivity contribution in [2.75, 3.05) is 18.6 Å². The highest BCUT2D eigenvalue weighted by molar-refractivity contribution is 5.83. The number of aromatic nitrogens is 4. The normalized spacial score (nSPS) is 21.0. The van der Waals surface area contributed by atoms with E-state index in [1.54, 1.807) is 13.4 Å². The van der Waals surface area contributed by atoms with E-state index in [0.717, 1.165) is 22.6 Å². The molecule has 7 heteroatoms. The maximum atomic E-state index is 10.2. The number of aliphatic hydroxyl groups excluding tert-OH is 1. The van der Waals surface area contributed by atoms with Crippen molar-refractivity contribution in [1.82, 2.24) is 19.9 Å². The Morgan fingerprint density at radius 2 is 2.22 bits per heavy atom. The van der Waals surface area contributed by atoms with Crippen molar-refractivity contribution in [2.45, 2.75) is 18.6 Å². The Balaban J connectivity index is 1.78. The van der Waals surface area contributed by atoms with Crippen LogP contribution in [0.15, 0.2) is 36.9 Å². The fourth-order valence-corrected chi connectivity index (χ4v) is 3.18. The zero-order chi connectivity index (χ0) is 15.8. The van der Waals surface area contributed by atoms with Gasteiger partial charge in [0.25, 0.3) is 0 Å². The molecular formula is C16H17N5O2. The van der Waals surface area contributed by atoms with Crippen molar-refractivity contribution in [3.8, 4) is 5.75 Å². The number of aliphatic hydroxyl groups is 1. The Hall–Kier alpha value is -2.67. The number of hydrogen-bond acceptors (Lipinski definition) is 6. The number of benzene rings is 1. The van der Waals surface area contributed by atoms with Gasteiger partial charge in [0.1, 0.15) is 17.6 Å². The van der Waals surface area contributed by atoms with Crippen LogP contribution in [-0.2, 0) is 0 Å². The first-order valence-electron chi connectivity index (χ1n) is 7.49. The Labute approximate surface area is 133 Å². The Morgan fingerprint density at radius 1 is 1.30 bits per heavy atom. The molecule has 1 aliphatic heterocycles. The highest BCUT2D eigenvalue weighted by atomic mass is 16.5. The standard InChI is InChI=1S/C16H17N5O2/c1-23-12-4-2-3-10(5-12)13-6-11(22)7-21(13)16-14-15(18-8-17-14)19-9-20-16/h2-5,8-9,11,13,22H,6-7H2,1H3,(H,17,18,19,20)/t11-,13-/m0/s1. The molecule has 0 aliphatic carbocycles. The number of methoxy groups -OCH3 is 1. The number of imidazole rings is 1. The summed E-state index contributed by atoms with van der Waals surface area (Å²) in [6.07, 6.45) is 3.35. The molecule has 2 N–H and O–H groups in total. The molecule has 1 saturated heterocycles. The zero-order valence-corrected chi connectivity index (χ0v) is 12.7. The molecule has 23 heavy (non-hydrogen) atoms. The molecule has 0 radical (unpaired) electrons. The van der Waals surface area contributed by atoms with Crippen LogP contribution in [0.3, 0.4) is 0 Å². The monoisotopic (exact) mass is 311 g/mol. The molecule has 0 spiro atoms. The van der Waals surface area contributed by atoms with E-state index in [2.05, 4.69) is 24.8 Å². The number of β-amino-alcohol motifs (C(OH)–C–C–N with tert-alkyl or cyclic N) is 1. The third-order valence-electron chi connectivity index (χ3n) is 4.23. The quantitative estimate of drug-likeness (QED) is 0.765. The van der Waals surface area contributed by atoms with E-state index in [1.165, 1.54) is 6.33 Å². The number of aromatic amines is 1. The Morgan fingerprint density at radius 3 is 3.09 bits per heavy atom. The maximum absolute atomic E-state index is 10.2. The average molecular weight is 311 g/mol. The van der Waals surface area contributed by atoms with Crippen molar-refractivity contribution in [2.24, 2.45) is 0 Å². The lowest BCUT2D eigenvalue weighted by molar-refractivity contribution is 0.194. The molecule has 0 amide bonds. The number of anilines is 1. The van der Waals surface area contributed by atoms with Gasteiger partial charge in [0, 0.05) is 6.54 Å². The summed E-state index contributed by atoms with van der Waals surface area (Å²) >= 11 is 0. The summed E-state index contributed by atoms with van der Waals surface area (Å²) in [5.74, 6) is 1.56. The lowest BCUT2D eigenvalue weighted by Crippen LogP contribution is -2.25. The van der Waals surface area contributed by atoms with Gasteiger partial charge >= 0.3 is 0 Å². The van der Waals surface area contributed by atoms with E-state index in [0.29, 0.717) is 18.6 Å². The number of rotatable bonds is 3. The lowest BCUT2D eigenvalue weighted by atomic mass is 10.0. The molecule has 118 valence electrons. The number of H-pyrrole nitrogens is 1. The summed E-state index contributed by atoms with van der Waals surface area (Å²) < 4.78 is 5.32. The highest BCUT2D eigenvalue weighted by Gasteiger charge is 2.34. The summed E-state index contributed by atoms with van der Waals surface area (Å²) in [6, 6.07) is 7.95. The predicted octanol–water partition coefficient (Wildman–Crippen LogP) is 1.67. The second-order valence-electron chi connectivity index (χ2n) is 5.63. The fourth-order valence-electron chi connectivity index (χ4n) is 3.18. The van der Waals surface area contributed by atoms with Gasteiger partial charge in [-0.25, -0.2) is 15.0 Å². The van der Waals surface area contributed by atoms with Crippen molar-refractivity contribution in [1.29, 1.82) is 0 Å². The first-order chi connectivity index (χ1) is 11.3. The smallest absolute Gasteiger partial charge is 0.182 e.